The van der Waals surface area contributed by atoms with Crippen molar-refractivity contribution in [1.29, 1.82) is 0 Å². The van der Waals surface area contributed by atoms with E-state index in [0.717, 1.165) is 26.2 Å². The highest BCUT2D eigenvalue weighted by atomic mass is 15.2. The van der Waals surface area contributed by atoms with E-state index in [2.05, 4.69) is 47.1 Å². The highest BCUT2D eigenvalue weighted by Crippen LogP contribution is 2.25. The van der Waals surface area contributed by atoms with Crippen LogP contribution in [0.15, 0.2) is 18.5 Å². The molecule has 1 unspecified atom stereocenters. The summed E-state index contributed by atoms with van der Waals surface area (Å²) in [6, 6.07) is 2.78. The lowest BCUT2D eigenvalue weighted by Crippen LogP contribution is -2.40. The van der Waals surface area contributed by atoms with Crippen molar-refractivity contribution in [3.63, 3.8) is 0 Å². The van der Waals surface area contributed by atoms with E-state index in [4.69, 9.17) is 0 Å². The van der Waals surface area contributed by atoms with Crippen LogP contribution in [0.2, 0.25) is 0 Å². The molecule has 2 heterocycles. The van der Waals surface area contributed by atoms with Crippen LogP contribution in [0.3, 0.4) is 0 Å². The molecule has 0 aromatic carbocycles. The van der Waals surface area contributed by atoms with Gasteiger partial charge in [-0.2, -0.15) is 0 Å². The van der Waals surface area contributed by atoms with E-state index in [1.165, 1.54) is 30.6 Å². The number of rotatable bonds is 5. The minimum Gasteiger partial charge on any atom is -0.367 e. The average molecular weight is 276 g/mol. The quantitative estimate of drug-likeness (QED) is 0.892. The zero-order valence-corrected chi connectivity index (χ0v) is 13.1. The Balaban J connectivity index is 2.23. The van der Waals surface area contributed by atoms with E-state index < -0.39 is 0 Å². The molecule has 0 bridgehead atoms. The number of nitrogens with zero attached hydrogens (tertiary/aromatic N) is 3. The molecule has 1 aliphatic heterocycles. The Morgan fingerprint density at radius 3 is 2.95 bits per heavy atom. The van der Waals surface area contributed by atoms with Gasteiger partial charge in [0.2, 0.25) is 0 Å². The first-order valence-electron chi connectivity index (χ1n) is 7.85. The summed E-state index contributed by atoms with van der Waals surface area (Å²) in [5, 5.41) is 3.42. The number of nitrogens with one attached hydrogen (secondary N) is 1. The third-order valence-electron chi connectivity index (χ3n) is 4.13. The van der Waals surface area contributed by atoms with Crippen LogP contribution >= 0.6 is 0 Å². The van der Waals surface area contributed by atoms with Crippen molar-refractivity contribution < 1.29 is 0 Å². The topological polar surface area (TPSA) is 31.4 Å². The van der Waals surface area contributed by atoms with Crippen molar-refractivity contribution in [2.75, 3.05) is 38.1 Å². The van der Waals surface area contributed by atoms with Gasteiger partial charge in [-0.05, 0) is 39.0 Å². The average Bonchev–Trinajstić information content (AvgIpc) is 2.66. The number of likely N-dealkylation sites (N-methyl/N-ethyl adjacent to an activating group) is 1. The minimum absolute atomic E-state index is 0.602. The highest BCUT2D eigenvalue weighted by Gasteiger charge is 2.23. The SMILES string of the molecule is CCNCc1cnccc1N1CCCN(C)CC1CC. The Bertz CT molecular complexity index is 407. The standard InChI is InChI=1S/C16H28N4/c1-4-15-13-19(3)9-6-10-20(15)16-7-8-18-12-14(16)11-17-5-2/h7-8,12,15,17H,4-6,9-11,13H2,1-3H3. The van der Waals surface area contributed by atoms with Crippen LogP contribution in [0.4, 0.5) is 5.69 Å². The Morgan fingerprint density at radius 2 is 2.20 bits per heavy atom. The Morgan fingerprint density at radius 1 is 1.35 bits per heavy atom. The summed E-state index contributed by atoms with van der Waals surface area (Å²) < 4.78 is 0. The number of aromatic nitrogens is 1. The first-order chi connectivity index (χ1) is 9.76. The maximum absolute atomic E-state index is 4.31. The van der Waals surface area contributed by atoms with Gasteiger partial charge in [-0.1, -0.05) is 13.8 Å². The third-order valence-corrected chi connectivity index (χ3v) is 4.13. The largest absolute Gasteiger partial charge is 0.367 e. The zero-order chi connectivity index (χ0) is 14.4. The molecule has 112 valence electrons. The fourth-order valence-corrected chi connectivity index (χ4v) is 3.01. The summed E-state index contributed by atoms with van der Waals surface area (Å²) in [7, 11) is 2.23. The summed E-state index contributed by atoms with van der Waals surface area (Å²) in [6.45, 7) is 9.83. The summed E-state index contributed by atoms with van der Waals surface area (Å²) >= 11 is 0. The molecule has 1 saturated heterocycles. The van der Waals surface area contributed by atoms with Crippen molar-refractivity contribution in [1.82, 2.24) is 15.2 Å². The molecule has 20 heavy (non-hydrogen) atoms. The predicted molar refractivity (Wildman–Crippen MR) is 85.2 cm³/mol. The molecule has 2 rings (SSSR count). The van der Waals surface area contributed by atoms with E-state index >= 15 is 0 Å². The van der Waals surface area contributed by atoms with Crippen LogP contribution in [-0.4, -0.2) is 49.2 Å². The second kappa shape index (κ2) is 7.60. The maximum Gasteiger partial charge on any atom is 0.0445 e. The molecule has 1 aromatic rings. The molecule has 1 atom stereocenters. The minimum atomic E-state index is 0.602. The smallest absolute Gasteiger partial charge is 0.0445 e. The van der Waals surface area contributed by atoms with E-state index in [0.29, 0.717) is 6.04 Å². The second-order valence-corrected chi connectivity index (χ2v) is 5.66. The lowest BCUT2D eigenvalue weighted by Gasteiger charge is -2.33. The molecule has 4 heteroatoms. The molecule has 0 saturated carbocycles. The normalized spacial score (nSPS) is 20.9. The third kappa shape index (κ3) is 3.70. The van der Waals surface area contributed by atoms with Gasteiger partial charge in [-0.15, -0.1) is 0 Å². The van der Waals surface area contributed by atoms with Crippen LogP contribution in [0.25, 0.3) is 0 Å². The number of anilines is 1. The van der Waals surface area contributed by atoms with Crippen LogP contribution < -0.4 is 10.2 Å². The monoisotopic (exact) mass is 276 g/mol. The number of hydrogen-bond donors (Lipinski definition) is 1. The molecule has 0 radical (unpaired) electrons. The highest BCUT2D eigenvalue weighted by molar-refractivity contribution is 5.53. The summed E-state index contributed by atoms with van der Waals surface area (Å²) in [5.74, 6) is 0. The van der Waals surface area contributed by atoms with Crippen molar-refractivity contribution in [2.24, 2.45) is 0 Å². The van der Waals surface area contributed by atoms with Crippen molar-refractivity contribution in [2.45, 2.75) is 39.3 Å². The van der Waals surface area contributed by atoms with Gasteiger partial charge in [0.15, 0.2) is 0 Å². The van der Waals surface area contributed by atoms with Gasteiger partial charge < -0.3 is 15.1 Å². The molecule has 0 aliphatic carbocycles. The van der Waals surface area contributed by atoms with Gasteiger partial charge in [0.25, 0.3) is 0 Å². The fourth-order valence-electron chi connectivity index (χ4n) is 3.01. The fraction of sp³-hybridized carbons (Fsp3) is 0.688. The second-order valence-electron chi connectivity index (χ2n) is 5.66. The molecule has 0 amide bonds. The lowest BCUT2D eigenvalue weighted by molar-refractivity contribution is 0.328. The van der Waals surface area contributed by atoms with Crippen LogP contribution in [0.1, 0.15) is 32.3 Å². The van der Waals surface area contributed by atoms with E-state index in [9.17, 15) is 0 Å². The molecule has 1 fully saturated rings. The van der Waals surface area contributed by atoms with Gasteiger partial charge >= 0.3 is 0 Å². The van der Waals surface area contributed by atoms with E-state index in [1.54, 1.807) is 0 Å². The summed E-state index contributed by atoms with van der Waals surface area (Å²) in [5.41, 5.74) is 2.68. The van der Waals surface area contributed by atoms with E-state index in [1.807, 2.05) is 12.4 Å². The lowest BCUT2D eigenvalue weighted by atomic mass is 10.1. The molecular weight excluding hydrogens is 248 g/mol. The van der Waals surface area contributed by atoms with Gasteiger partial charge in [-0.3, -0.25) is 4.98 Å². The van der Waals surface area contributed by atoms with Crippen molar-refractivity contribution >= 4 is 5.69 Å². The Kier molecular flexibility index (Phi) is 5.80. The van der Waals surface area contributed by atoms with Gasteiger partial charge in [-0.25, -0.2) is 0 Å². The molecule has 1 aliphatic rings. The molecular formula is C16H28N4. The number of pyridine rings is 1. The Hall–Kier alpha value is -1.13. The molecule has 4 nitrogen and oxygen atoms in total. The van der Waals surface area contributed by atoms with Crippen LogP contribution in [0.5, 0.6) is 0 Å². The van der Waals surface area contributed by atoms with E-state index in [-0.39, 0.29) is 0 Å². The first kappa shape index (κ1) is 15.3. The molecule has 0 spiro atoms. The first-order valence-corrected chi connectivity index (χ1v) is 7.85. The zero-order valence-electron chi connectivity index (χ0n) is 13.1. The van der Waals surface area contributed by atoms with Gasteiger partial charge in [0, 0.05) is 49.3 Å². The maximum atomic E-state index is 4.31. The Labute approximate surface area is 123 Å². The molecule has 1 aromatic heterocycles. The summed E-state index contributed by atoms with van der Waals surface area (Å²) in [6.07, 6.45) is 6.36. The van der Waals surface area contributed by atoms with Crippen molar-refractivity contribution in [3.05, 3.63) is 24.0 Å². The van der Waals surface area contributed by atoms with Gasteiger partial charge in [0.05, 0.1) is 0 Å². The van der Waals surface area contributed by atoms with Crippen LogP contribution in [-0.2, 0) is 6.54 Å². The van der Waals surface area contributed by atoms with Gasteiger partial charge in [0.1, 0.15) is 0 Å². The number of hydrogen-bond acceptors (Lipinski definition) is 4. The summed E-state index contributed by atoms with van der Waals surface area (Å²) in [4.78, 5) is 9.36. The molecule has 1 N–H and O–H groups in total. The predicted octanol–water partition coefficient (Wildman–Crippen LogP) is 2.11. The van der Waals surface area contributed by atoms with Crippen LogP contribution in [0, 0.1) is 0 Å². The van der Waals surface area contributed by atoms with Crippen molar-refractivity contribution in [3.8, 4) is 0 Å².